The van der Waals surface area contributed by atoms with Crippen molar-refractivity contribution in [2.45, 2.75) is 77.2 Å². The average Bonchev–Trinajstić information content (AvgIpc) is 2.50. The lowest BCUT2D eigenvalue weighted by Gasteiger charge is -2.13. The van der Waals surface area contributed by atoms with Crippen molar-refractivity contribution in [3.05, 3.63) is 0 Å². The first-order valence-electron chi connectivity index (χ1n) is 8.49. The van der Waals surface area contributed by atoms with Crippen LogP contribution in [0.2, 0.25) is 0 Å². The summed E-state index contributed by atoms with van der Waals surface area (Å²) in [5.41, 5.74) is 5.17. The topological polar surface area (TPSA) is 154 Å². The quantitative estimate of drug-likeness (QED) is 0.237. The summed E-state index contributed by atoms with van der Waals surface area (Å²) in [6.07, 6.45) is 11.6. The number of hydrogen-bond acceptors (Lipinski definition) is 6. The van der Waals surface area contributed by atoms with Crippen molar-refractivity contribution in [2.24, 2.45) is 5.73 Å². The van der Waals surface area contributed by atoms with Crippen LogP contribution >= 0.6 is 7.82 Å². The van der Waals surface area contributed by atoms with Gasteiger partial charge < -0.3 is 21.9 Å². The van der Waals surface area contributed by atoms with Crippen molar-refractivity contribution in [3.63, 3.8) is 0 Å². The molecule has 0 aliphatic carbocycles. The first kappa shape index (κ1) is 25.7. The van der Waals surface area contributed by atoms with E-state index in [1.54, 1.807) is 0 Å². The molecule has 0 radical (unpaired) electrons. The van der Waals surface area contributed by atoms with Crippen molar-refractivity contribution in [3.8, 4) is 0 Å². The third-order valence-corrected chi connectivity index (χ3v) is 4.47. The largest absolute Gasteiger partial charge is 0.480 e. The van der Waals surface area contributed by atoms with E-state index in [0.29, 0.717) is 6.42 Å². The molecular weight excluding hydrogens is 335 g/mol. The van der Waals surface area contributed by atoms with Crippen LogP contribution < -0.4 is 11.9 Å². The molecule has 0 fully saturated rings. The molecule has 0 rings (SSSR count). The Hall–Kier alpha value is -0.500. The number of phosphoric ester groups is 1. The second-order valence-corrected chi connectivity index (χ2v) is 7.18. The van der Waals surface area contributed by atoms with Gasteiger partial charge in [-0.15, -0.1) is 0 Å². The van der Waals surface area contributed by atoms with Crippen LogP contribution in [0.15, 0.2) is 0 Å². The number of rotatable bonds is 16. The lowest BCUT2D eigenvalue weighted by molar-refractivity contribution is -0.139. The smallest absolute Gasteiger partial charge is 0.472 e. The number of aliphatic carboxylic acids is 1. The highest BCUT2D eigenvalue weighted by Crippen LogP contribution is 2.43. The van der Waals surface area contributed by atoms with Crippen molar-refractivity contribution in [2.75, 3.05) is 13.2 Å². The van der Waals surface area contributed by atoms with E-state index in [-0.39, 0.29) is 12.8 Å². The van der Waals surface area contributed by atoms with Gasteiger partial charge in [0.25, 0.3) is 0 Å². The van der Waals surface area contributed by atoms with E-state index < -0.39 is 26.4 Å². The first-order chi connectivity index (χ1) is 10.9. The second-order valence-electron chi connectivity index (χ2n) is 5.72. The number of phosphoric acid groups is 1. The van der Waals surface area contributed by atoms with Gasteiger partial charge in [0.15, 0.2) is 0 Å². The van der Waals surface area contributed by atoms with Crippen molar-refractivity contribution in [1.82, 2.24) is 6.15 Å². The third-order valence-electron chi connectivity index (χ3n) is 3.49. The average molecular weight is 370 g/mol. The van der Waals surface area contributed by atoms with Crippen LogP contribution in [0.1, 0.15) is 71.1 Å². The number of carbonyl (C=O) groups is 1. The summed E-state index contributed by atoms with van der Waals surface area (Å²) in [6.45, 7) is 1.77. The molecule has 0 aromatic carbocycles. The minimum atomic E-state index is -4.21. The minimum absolute atomic E-state index is 0. The minimum Gasteiger partial charge on any atom is -0.480 e. The zero-order valence-electron chi connectivity index (χ0n) is 14.8. The molecule has 0 bridgehead atoms. The normalized spacial score (nSPS) is 14.6. The van der Waals surface area contributed by atoms with Gasteiger partial charge in [0.05, 0.1) is 13.2 Å². The Morgan fingerprint density at radius 3 is 1.92 bits per heavy atom. The van der Waals surface area contributed by atoms with Gasteiger partial charge in [0.1, 0.15) is 6.04 Å². The Balaban J connectivity index is 0. The molecule has 0 saturated carbocycles. The second kappa shape index (κ2) is 16.0. The van der Waals surface area contributed by atoms with Crippen LogP contribution in [0.25, 0.3) is 0 Å². The Kier molecular flexibility index (Phi) is 17.2. The van der Waals surface area contributed by atoms with Crippen LogP contribution in [0.3, 0.4) is 0 Å². The van der Waals surface area contributed by atoms with Gasteiger partial charge in [-0.2, -0.15) is 0 Å². The van der Waals surface area contributed by atoms with E-state index in [1.807, 2.05) is 0 Å². The summed E-state index contributed by atoms with van der Waals surface area (Å²) in [7, 11) is -4.21. The maximum Gasteiger partial charge on any atom is 0.472 e. The van der Waals surface area contributed by atoms with Gasteiger partial charge in [-0.05, 0) is 6.42 Å². The number of carboxylic acids is 1. The molecule has 0 heterocycles. The SMILES string of the molecule is CCCCCCCCCCCCOP(=O)(O)OCC(N)C(=O)O.N. The van der Waals surface area contributed by atoms with Crippen molar-refractivity contribution < 1.29 is 28.4 Å². The van der Waals surface area contributed by atoms with E-state index in [0.717, 1.165) is 12.8 Å². The van der Waals surface area contributed by atoms with Gasteiger partial charge >= 0.3 is 13.8 Å². The third kappa shape index (κ3) is 16.4. The van der Waals surface area contributed by atoms with E-state index in [9.17, 15) is 14.3 Å². The van der Waals surface area contributed by atoms with Gasteiger partial charge in [-0.1, -0.05) is 64.7 Å². The molecule has 0 aliphatic rings. The van der Waals surface area contributed by atoms with E-state index >= 15 is 0 Å². The fourth-order valence-corrected chi connectivity index (χ4v) is 2.84. The Morgan fingerprint density at radius 2 is 1.46 bits per heavy atom. The molecule has 146 valence electrons. The van der Waals surface area contributed by atoms with Crippen LogP contribution in [0, 0.1) is 0 Å². The molecule has 24 heavy (non-hydrogen) atoms. The number of hydrogen-bond donors (Lipinski definition) is 4. The highest BCUT2D eigenvalue weighted by molar-refractivity contribution is 7.47. The molecule has 2 atom stereocenters. The summed E-state index contributed by atoms with van der Waals surface area (Å²) in [5, 5.41) is 8.54. The Morgan fingerprint density at radius 1 is 1.00 bits per heavy atom. The molecule has 9 heteroatoms. The summed E-state index contributed by atoms with van der Waals surface area (Å²) >= 11 is 0. The maximum absolute atomic E-state index is 11.5. The lowest BCUT2D eigenvalue weighted by Crippen LogP contribution is -2.34. The zero-order chi connectivity index (χ0) is 17.6. The maximum atomic E-state index is 11.5. The van der Waals surface area contributed by atoms with Crippen LogP contribution in [-0.2, 0) is 18.4 Å². The summed E-state index contributed by atoms with van der Waals surface area (Å²) in [4.78, 5) is 19.8. The van der Waals surface area contributed by atoms with Gasteiger partial charge in [0.2, 0.25) is 0 Å². The zero-order valence-corrected chi connectivity index (χ0v) is 15.7. The fraction of sp³-hybridized carbons (Fsp3) is 0.933. The lowest BCUT2D eigenvalue weighted by atomic mass is 10.1. The standard InChI is InChI=1S/C15H32NO6P.H3N/c1-2-3-4-5-6-7-8-9-10-11-12-21-23(19,20)22-13-14(16)15(17)18;/h14H,2-13,16H2,1H3,(H,17,18)(H,19,20);1H3. The summed E-state index contributed by atoms with van der Waals surface area (Å²) in [5.74, 6) is -1.29. The molecule has 0 aromatic heterocycles. The monoisotopic (exact) mass is 370 g/mol. The van der Waals surface area contributed by atoms with Gasteiger partial charge in [0, 0.05) is 0 Å². The molecular formula is C15H35N2O6P. The number of nitrogens with two attached hydrogens (primary N) is 1. The molecule has 0 saturated heterocycles. The Labute approximate surface area is 145 Å². The van der Waals surface area contributed by atoms with Gasteiger partial charge in [-0.3, -0.25) is 13.8 Å². The molecule has 0 aliphatic heterocycles. The summed E-state index contributed by atoms with van der Waals surface area (Å²) < 4.78 is 20.8. The first-order valence-corrected chi connectivity index (χ1v) is 9.99. The fourth-order valence-electron chi connectivity index (χ4n) is 2.05. The number of unbranched alkanes of at least 4 members (excludes halogenated alkanes) is 9. The highest BCUT2D eigenvalue weighted by Gasteiger charge is 2.24. The van der Waals surface area contributed by atoms with Gasteiger partial charge in [-0.25, -0.2) is 4.57 Å². The van der Waals surface area contributed by atoms with Crippen molar-refractivity contribution >= 4 is 13.8 Å². The van der Waals surface area contributed by atoms with Crippen LogP contribution in [0.4, 0.5) is 0 Å². The van der Waals surface area contributed by atoms with E-state index in [4.69, 9.17) is 15.4 Å². The molecule has 7 N–H and O–H groups in total. The predicted octanol–water partition coefficient (Wildman–Crippen LogP) is 3.61. The van der Waals surface area contributed by atoms with E-state index in [1.165, 1.54) is 44.9 Å². The van der Waals surface area contributed by atoms with Crippen molar-refractivity contribution in [1.29, 1.82) is 0 Å². The summed E-state index contributed by atoms with van der Waals surface area (Å²) in [6, 6.07) is -1.34. The molecule has 0 aromatic rings. The molecule has 2 unspecified atom stereocenters. The van der Waals surface area contributed by atoms with E-state index in [2.05, 4.69) is 11.4 Å². The highest BCUT2D eigenvalue weighted by atomic mass is 31.2. The molecule has 0 spiro atoms. The number of carboxylic acid groups (broad SMARTS) is 1. The molecule has 8 nitrogen and oxygen atoms in total. The van der Waals surface area contributed by atoms with Crippen LogP contribution in [0.5, 0.6) is 0 Å². The predicted molar refractivity (Wildman–Crippen MR) is 94.2 cm³/mol. The Bertz CT molecular complexity index is 357. The molecule has 0 amide bonds. The van der Waals surface area contributed by atoms with Crippen LogP contribution in [-0.4, -0.2) is 35.2 Å².